The van der Waals surface area contributed by atoms with Crippen LogP contribution in [0.3, 0.4) is 0 Å². The minimum atomic E-state index is -0.768. The first-order valence-electron chi connectivity index (χ1n) is 6.89. The van der Waals surface area contributed by atoms with E-state index in [1.54, 1.807) is 0 Å². The summed E-state index contributed by atoms with van der Waals surface area (Å²) in [6.45, 7) is 0. The van der Waals surface area contributed by atoms with E-state index in [9.17, 15) is 9.59 Å². The number of rotatable bonds is 4. The molecule has 0 radical (unpaired) electrons. The van der Waals surface area contributed by atoms with Crippen molar-refractivity contribution in [2.45, 2.75) is 25.3 Å². The molecule has 0 spiro atoms. The van der Waals surface area contributed by atoms with Gasteiger partial charge in [0.05, 0.1) is 11.6 Å². The second-order valence-corrected chi connectivity index (χ2v) is 6.16. The summed E-state index contributed by atoms with van der Waals surface area (Å²) < 4.78 is 1.90. The van der Waals surface area contributed by atoms with Crippen molar-refractivity contribution in [3.8, 4) is 5.69 Å². The maximum atomic E-state index is 12.4. The van der Waals surface area contributed by atoms with Crippen molar-refractivity contribution in [2.24, 2.45) is 5.92 Å². The Morgan fingerprint density at radius 1 is 1.29 bits per heavy atom. The van der Waals surface area contributed by atoms with Crippen LogP contribution in [-0.4, -0.2) is 27.6 Å². The predicted octanol–water partition coefficient (Wildman–Crippen LogP) is 2.52. The lowest BCUT2D eigenvalue weighted by Crippen LogP contribution is -2.33. The van der Waals surface area contributed by atoms with E-state index < -0.39 is 5.97 Å². The Balaban J connectivity index is 1.70. The fraction of sp³-hybridized carbons (Fsp3) is 0.333. The summed E-state index contributed by atoms with van der Waals surface area (Å²) in [4.78, 5) is 24.0. The van der Waals surface area contributed by atoms with E-state index in [1.165, 1.54) is 11.3 Å². The summed E-state index contributed by atoms with van der Waals surface area (Å²) in [6.07, 6.45) is 5.68. The van der Waals surface area contributed by atoms with Crippen molar-refractivity contribution < 1.29 is 14.7 Å². The fourth-order valence-corrected chi connectivity index (χ4v) is 3.55. The number of thiophene rings is 1. The molecule has 2 atom stereocenters. The molecule has 2 aromatic heterocycles. The molecule has 110 valence electrons. The van der Waals surface area contributed by atoms with Crippen molar-refractivity contribution >= 4 is 23.2 Å². The molecule has 0 saturated heterocycles. The summed E-state index contributed by atoms with van der Waals surface area (Å²) >= 11 is 1.40. The van der Waals surface area contributed by atoms with Gasteiger partial charge in [-0.3, -0.25) is 9.59 Å². The highest BCUT2D eigenvalue weighted by atomic mass is 32.1. The van der Waals surface area contributed by atoms with E-state index in [0.717, 1.165) is 12.1 Å². The van der Waals surface area contributed by atoms with Crippen LogP contribution in [0.4, 0.5) is 0 Å². The number of hydrogen-bond acceptors (Lipinski definition) is 3. The van der Waals surface area contributed by atoms with Gasteiger partial charge in [0.2, 0.25) is 0 Å². The SMILES string of the molecule is O=C(N[C@@H]1CC[C@H](C(=O)O)C1)c1sccc1-n1cccc1. The van der Waals surface area contributed by atoms with Crippen molar-refractivity contribution in [3.63, 3.8) is 0 Å². The molecule has 1 saturated carbocycles. The molecular formula is C15H16N2O3S. The van der Waals surface area contributed by atoms with Gasteiger partial charge >= 0.3 is 5.97 Å². The number of nitrogens with zero attached hydrogens (tertiary/aromatic N) is 1. The molecule has 6 heteroatoms. The highest BCUT2D eigenvalue weighted by molar-refractivity contribution is 7.12. The number of aliphatic carboxylic acids is 1. The number of aromatic nitrogens is 1. The predicted molar refractivity (Wildman–Crippen MR) is 79.9 cm³/mol. The number of amides is 1. The monoisotopic (exact) mass is 304 g/mol. The van der Waals surface area contributed by atoms with Gasteiger partial charge in [0, 0.05) is 18.4 Å². The Labute approximate surface area is 126 Å². The summed E-state index contributed by atoms with van der Waals surface area (Å²) in [5.74, 6) is -1.22. The van der Waals surface area contributed by atoms with Crippen LogP contribution in [0.5, 0.6) is 0 Å². The Hall–Kier alpha value is -2.08. The molecule has 2 aromatic rings. The smallest absolute Gasteiger partial charge is 0.306 e. The second-order valence-electron chi connectivity index (χ2n) is 5.24. The van der Waals surface area contributed by atoms with Crippen molar-refractivity contribution in [1.82, 2.24) is 9.88 Å². The standard InChI is InChI=1S/C15H16N2O3S/c18-14(16-11-4-3-10(9-11)15(19)20)13-12(5-8-21-13)17-6-1-2-7-17/h1-2,5-8,10-11H,3-4,9H2,(H,16,18)(H,19,20)/t10-,11+/m0/s1. The van der Waals surface area contributed by atoms with Crippen LogP contribution in [0.2, 0.25) is 0 Å². The van der Waals surface area contributed by atoms with E-state index in [4.69, 9.17) is 5.11 Å². The summed E-state index contributed by atoms with van der Waals surface area (Å²) in [5, 5.41) is 13.9. The zero-order chi connectivity index (χ0) is 14.8. The number of carbonyl (C=O) groups is 2. The molecule has 2 heterocycles. The van der Waals surface area contributed by atoms with Gasteiger partial charge in [0.1, 0.15) is 4.88 Å². The lowest BCUT2D eigenvalue weighted by Gasteiger charge is -2.13. The zero-order valence-corrected chi connectivity index (χ0v) is 12.2. The zero-order valence-electron chi connectivity index (χ0n) is 11.4. The number of carbonyl (C=O) groups excluding carboxylic acids is 1. The average Bonchev–Trinajstić information content (AvgIpc) is 3.19. The lowest BCUT2D eigenvalue weighted by molar-refractivity contribution is -0.141. The first-order chi connectivity index (χ1) is 10.1. The molecule has 0 unspecified atom stereocenters. The maximum Gasteiger partial charge on any atom is 0.306 e. The van der Waals surface area contributed by atoms with Gasteiger partial charge in [-0.25, -0.2) is 0 Å². The van der Waals surface area contributed by atoms with Gasteiger partial charge in [-0.15, -0.1) is 11.3 Å². The fourth-order valence-electron chi connectivity index (χ4n) is 2.76. The van der Waals surface area contributed by atoms with Crippen molar-refractivity contribution in [1.29, 1.82) is 0 Å². The minimum absolute atomic E-state index is 0.0433. The van der Waals surface area contributed by atoms with Gasteiger partial charge in [-0.1, -0.05) is 0 Å². The van der Waals surface area contributed by atoms with E-state index >= 15 is 0 Å². The van der Waals surface area contributed by atoms with Crippen LogP contribution >= 0.6 is 11.3 Å². The van der Waals surface area contributed by atoms with E-state index in [-0.39, 0.29) is 17.9 Å². The second kappa shape index (κ2) is 5.73. The Kier molecular flexibility index (Phi) is 3.79. The molecule has 0 aliphatic heterocycles. The third-order valence-electron chi connectivity index (χ3n) is 3.85. The quantitative estimate of drug-likeness (QED) is 0.911. The first kappa shape index (κ1) is 13.9. The Morgan fingerprint density at radius 3 is 2.71 bits per heavy atom. The first-order valence-corrected chi connectivity index (χ1v) is 7.77. The van der Waals surface area contributed by atoms with Gasteiger partial charge in [0.25, 0.3) is 5.91 Å². The van der Waals surface area contributed by atoms with Crippen LogP contribution < -0.4 is 5.32 Å². The normalized spacial score (nSPS) is 21.3. The van der Waals surface area contributed by atoms with E-state index in [1.807, 2.05) is 40.5 Å². The Bertz CT molecular complexity index is 648. The molecule has 5 nitrogen and oxygen atoms in total. The van der Waals surface area contributed by atoms with Gasteiger partial charge in [0.15, 0.2) is 0 Å². The highest BCUT2D eigenvalue weighted by Gasteiger charge is 2.31. The third kappa shape index (κ3) is 2.85. The molecule has 0 aromatic carbocycles. The highest BCUT2D eigenvalue weighted by Crippen LogP contribution is 2.27. The minimum Gasteiger partial charge on any atom is -0.481 e. The molecule has 1 aliphatic carbocycles. The summed E-state index contributed by atoms with van der Waals surface area (Å²) in [5.41, 5.74) is 0.857. The molecule has 2 N–H and O–H groups in total. The van der Waals surface area contributed by atoms with Gasteiger partial charge in [-0.05, 0) is 42.8 Å². The van der Waals surface area contributed by atoms with Crippen LogP contribution in [-0.2, 0) is 4.79 Å². The van der Waals surface area contributed by atoms with Crippen LogP contribution in [0.15, 0.2) is 36.0 Å². The lowest BCUT2D eigenvalue weighted by atomic mass is 10.1. The number of carboxylic acids is 1. The number of carboxylic acid groups (broad SMARTS) is 1. The molecule has 1 amide bonds. The summed E-state index contributed by atoms with van der Waals surface area (Å²) in [7, 11) is 0. The largest absolute Gasteiger partial charge is 0.481 e. The average molecular weight is 304 g/mol. The van der Waals surface area contributed by atoms with Crippen LogP contribution in [0, 0.1) is 5.92 Å². The van der Waals surface area contributed by atoms with Crippen LogP contribution in [0.25, 0.3) is 5.69 Å². The molecular weight excluding hydrogens is 288 g/mol. The molecule has 1 fully saturated rings. The molecule has 3 rings (SSSR count). The maximum absolute atomic E-state index is 12.4. The number of nitrogens with one attached hydrogen (secondary N) is 1. The van der Waals surface area contributed by atoms with Crippen molar-refractivity contribution in [3.05, 3.63) is 40.8 Å². The van der Waals surface area contributed by atoms with Crippen molar-refractivity contribution in [2.75, 3.05) is 0 Å². The topological polar surface area (TPSA) is 71.3 Å². The molecule has 0 bridgehead atoms. The van der Waals surface area contributed by atoms with E-state index in [2.05, 4.69) is 5.32 Å². The van der Waals surface area contributed by atoms with Gasteiger partial charge in [-0.2, -0.15) is 0 Å². The van der Waals surface area contributed by atoms with E-state index in [0.29, 0.717) is 17.7 Å². The summed E-state index contributed by atoms with van der Waals surface area (Å²) in [6, 6.07) is 5.69. The number of hydrogen-bond donors (Lipinski definition) is 2. The third-order valence-corrected chi connectivity index (χ3v) is 4.75. The van der Waals surface area contributed by atoms with Gasteiger partial charge < -0.3 is 15.0 Å². The molecule has 21 heavy (non-hydrogen) atoms. The molecule has 1 aliphatic rings. The Morgan fingerprint density at radius 2 is 2.05 bits per heavy atom. The van der Waals surface area contributed by atoms with Crippen LogP contribution in [0.1, 0.15) is 28.9 Å².